The average molecular weight is 545 g/mol. The monoisotopic (exact) mass is 544 g/mol. The summed E-state index contributed by atoms with van der Waals surface area (Å²) in [5.74, 6) is 0.279. The van der Waals surface area contributed by atoms with E-state index >= 15 is 0 Å². The minimum absolute atomic E-state index is 0.0404. The zero-order valence-electron chi connectivity index (χ0n) is 24.1. The van der Waals surface area contributed by atoms with Gasteiger partial charge in [-0.05, 0) is 106 Å². The number of hydrogen-bond acceptors (Lipinski definition) is 5. The second-order valence-electron chi connectivity index (χ2n) is 12.5. The number of benzene rings is 1. The molecule has 40 heavy (non-hydrogen) atoms. The van der Waals surface area contributed by atoms with Gasteiger partial charge in [0.05, 0.1) is 6.04 Å². The van der Waals surface area contributed by atoms with E-state index in [-0.39, 0.29) is 24.0 Å². The summed E-state index contributed by atoms with van der Waals surface area (Å²) in [6.45, 7) is 11.1. The summed E-state index contributed by atoms with van der Waals surface area (Å²) in [6.07, 6.45) is 7.85. The van der Waals surface area contributed by atoms with Crippen molar-refractivity contribution < 1.29 is 19.1 Å². The molecule has 0 spiro atoms. The molecule has 0 radical (unpaired) electrons. The number of aromatic amines is 1. The van der Waals surface area contributed by atoms with Crippen LogP contribution in [0.15, 0.2) is 30.6 Å². The summed E-state index contributed by atoms with van der Waals surface area (Å²) >= 11 is 0. The number of aryl methyl sites for hydroxylation is 1. The van der Waals surface area contributed by atoms with Crippen molar-refractivity contribution >= 4 is 23.0 Å². The third kappa shape index (κ3) is 5.21. The molecule has 2 saturated heterocycles. The Hall–Kier alpha value is -3.39. The van der Waals surface area contributed by atoms with Crippen LogP contribution in [0.1, 0.15) is 74.8 Å². The predicted octanol–water partition coefficient (Wildman–Crippen LogP) is 5.92. The molecule has 3 aromatic rings. The van der Waals surface area contributed by atoms with Crippen LogP contribution in [-0.4, -0.2) is 63.7 Å². The zero-order chi connectivity index (χ0) is 28.0. The SMILES string of the molecule is Cc1c[nH]c2ncc(-c3cc4c(c([C@@H]5CCCN5C(=O)OC(C)(C)C)c3)CCN(C(=O)C3CCOCC3)C4)cc12. The van der Waals surface area contributed by atoms with E-state index < -0.39 is 5.60 Å². The second-order valence-corrected chi connectivity index (χ2v) is 12.5. The molecule has 0 saturated carbocycles. The first-order chi connectivity index (χ1) is 19.2. The highest BCUT2D eigenvalue weighted by atomic mass is 16.6. The molecule has 8 heteroatoms. The van der Waals surface area contributed by atoms with Crippen molar-refractivity contribution in [3.05, 3.63) is 52.8 Å². The zero-order valence-corrected chi connectivity index (χ0v) is 24.1. The van der Waals surface area contributed by atoms with E-state index in [0.29, 0.717) is 32.8 Å². The van der Waals surface area contributed by atoms with Gasteiger partial charge in [0, 0.05) is 62.1 Å². The van der Waals surface area contributed by atoms with Gasteiger partial charge in [-0.3, -0.25) is 4.79 Å². The van der Waals surface area contributed by atoms with Crippen molar-refractivity contribution in [3.8, 4) is 11.1 Å². The first kappa shape index (κ1) is 26.8. The molecule has 0 unspecified atom stereocenters. The van der Waals surface area contributed by atoms with Crippen LogP contribution in [0.2, 0.25) is 0 Å². The van der Waals surface area contributed by atoms with E-state index in [9.17, 15) is 9.59 Å². The minimum atomic E-state index is -0.550. The minimum Gasteiger partial charge on any atom is -0.444 e. The fraction of sp³-hybridized carbons (Fsp3) is 0.531. The van der Waals surface area contributed by atoms with Gasteiger partial charge in [0.25, 0.3) is 0 Å². The largest absolute Gasteiger partial charge is 0.444 e. The summed E-state index contributed by atoms with van der Waals surface area (Å²) in [5.41, 5.74) is 7.20. The molecule has 2 fully saturated rings. The van der Waals surface area contributed by atoms with E-state index in [1.54, 1.807) is 0 Å². The van der Waals surface area contributed by atoms with E-state index in [0.717, 1.165) is 59.8 Å². The van der Waals surface area contributed by atoms with Crippen LogP contribution in [0.25, 0.3) is 22.2 Å². The number of likely N-dealkylation sites (tertiary alicyclic amines) is 1. The molecular formula is C32H40N4O4. The van der Waals surface area contributed by atoms with Gasteiger partial charge in [-0.2, -0.15) is 0 Å². The molecule has 2 amide bonds. The van der Waals surface area contributed by atoms with Crippen LogP contribution < -0.4 is 0 Å². The molecule has 1 aromatic carbocycles. The summed E-state index contributed by atoms with van der Waals surface area (Å²) in [4.78, 5) is 38.6. The molecule has 1 N–H and O–H groups in total. The fourth-order valence-corrected chi connectivity index (χ4v) is 6.51. The van der Waals surface area contributed by atoms with E-state index in [2.05, 4.69) is 35.1 Å². The van der Waals surface area contributed by atoms with Gasteiger partial charge in [-0.15, -0.1) is 0 Å². The Labute approximate surface area is 236 Å². The lowest BCUT2D eigenvalue weighted by Crippen LogP contribution is -2.42. The second kappa shape index (κ2) is 10.5. The Morgan fingerprint density at radius 3 is 2.65 bits per heavy atom. The van der Waals surface area contributed by atoms with Crippen molar-refractivity contribution in [1.82, 2.24) is 19.8 Å². The van der Waals surface area contributed by atoms with Crippen molar-refractivity contribution in [1.29, 1.82) is 0 Å². The van der Waals surface area contributed by atoms with E-state index in [4.69, 9.17) is 9.47 Å². The van der Waals surface area contributed by atoms with Crippen LogP contribution in [-0.2, 0) is 27.2 Å². The Balaban J connectivity index is 1.40. The number of carbonyl (C=O) groups excluding carboxylic acids is 2. The van der Waals surface area contributed by atoms with Gasteiger partial charge in [0.1, 0.15) is 11.2 Å². The summed E-state index contributed by atoms with van der Waals surface area (Å²) in [7, 11) is 0. The number of aromatic nitrogens is 2. The molecule has 0 bridgehead atoms. The van der Waals surface area contributed by atoms with Crippen LogP contribution in [0.3, 0.4) is 0 Å². The molecule has 0 aliphatic carbocycles. The quantitative estimate of drug-likeness (QED) is 0.442. The maximum Gasteiger partial charge on any atom is 0.410 e. The average Bonchev–Trinajstić information content (AvgIpc) is 3.58. The number of ether oxygens (including phenoxy) is 2. The molecule has 8 nitrogen and oxygen atoms in total. The summed E-state index contributed by atoms with van der Waals surface area (Å²) < 4.78 is 11.3. The lowest BCUT2D eigenvalue weighted by atomic mass is 9.86. The Bertz CT molecular complexity index is 1430. The lowest BCUT2D eigenvalue weighted by Gasteiger charge is -2.36. The van der Waals surface area contributed by atoms with Crippen molar-refractivity contribution in [2.75, 3.05) is 26.3 Å². The van der Waals surface area contributed by atoms with E-state index in [1.807, 2.05) is 43.0 Å². The number of nitrogens with one attached hydrogen (secondary N) is 1. The molecule has 3 aliphatic rings. The van der Waals surface area contributed by atoms with Crippen molar-refractivity contribution in [2.24, 2.45) is 5.92 Å². The van der Waals surface area contributed by atoms with Gasteiger partial charge >= 0.3 is 6.09 Å². The van der Waals surface area contributed by atoms with Gasteiger partial charge in [0.15, 0.2) is 0 Å². The number of carbonyl (C=O) groups is 2. The molecule has 3 aliphatic heterocycles. The molecule has 2 aromatic heterocycles. The number of H-pyrrole nitrogens is 1. The summed E-state index contributed by atoms with van der Waals surface area (Å²) in [6, 6.07) is 6.63. The Kier molecular flexibility index (Phi) is 7.07. The maximum atomic E-state index is 13.5. The van der Waals surface area contributed by atoms with Crippen molar-refractivity contribution in [3.63, 3.8) is 0 Å². The number of amides is 2. The first-order valence-electron chi connectivity index (χ1n) is 14.6. The van der Waals surface area contributed by atoms with Crippen molar-refractivity contribution in [2.45, 2.75) is 78.0 Å². The number of rotatable bonds is 3. The highest BCUT2D eigenvalue weighted by Crippen LogP contribution is 2.40. The number of hydrogen-bond donors (Lipinski definition) is 1. The normalized spacial score (nSPS) is 20.1. The lowest BCUT2D eigenvalue weighted by molar-refractivity contribution is -0.139. The molecule has 5 heterocycles. The predicted molar refractivity (Wildman–Crippen MR) is 154 cm³/mol. The molecule has 6 rings (SSSR count). The highest BCUT2D eigenvalue weighted by molar-refractivity contribution is 5.85. The molecular weight excluding hydrogens is 504 g/mol. The van der Waals surface area contributed by atoms with Crippen LogP contribution >= 0.6 is 0 Å². The number of pyridine rings is 1. The first-order valence-corrected chi connectivity index (χ1v) is 14.6. The molecule has 212 valence electrons. The van der Waals surface area contributed by atoms with Gasteiger partial charge < -0.3 is 24.3 Å². The molecule has 1 atom stereocenters. The highest BCUT2D eigenvalue weighted by Gasteiger charge is 2.37. The Morgan fingerprint density at radius 1 is 1.07 bits per heavy atom. The van der Waals surface area contributed by atoms with Crippen LogP contribution in [0.4, 0.5) is 4.79 Å². The van der Waals surface area contributed by atoms with Gasteiger partial charge in [-0.1, -0.05) is 0 Å². The number of nitrogens with zero attached hydrogens (tertiary/aromatic N) is 3. The Morgan fingerprint density at radius 2 is 1.88 bits per heavy atom. The fourth-order valence-electron chi connectivity index (χ4n) is 6.51. The maximum absolute atomic E-state index is 13.5. The summed E-state index contributed by atoms with van der Waals surface area (Å²) in [5, 5.41) is 1.10. The van der Waals surface area contributed by atoms with Gasteiger partial charge in [0.2, 0.25) is 5.91 Å². The van der Waals surface area contributed by atoms with Gasteiger partial charge in [-0.25, -0.2) is 9.78 Å². The third-order valence-corrected chi connectivity index (χ3v) is 8.56. The third-order valence-electron chi connectivity index (χ3n) is 8.56. The topological polar surface area (TPSA) is 87.8 Å². The smallest absolute Gasteiger partial charge is 0.410 e. The van der Waals surface area contributed by atoms with Crippen LogP contribution in [0, 0.1) is 12.8 Å². The van der Waals surface area contributed by atoms with E-state index in [1.165, 1.54) is 16.7 Å². The number of fused-ring (bicyclic) bond motifs is 2. The van der Waals surface area contributed by atoms with Crippen LogP contribution in [0.5, 0.6) is 0 Å². The standard InChI is InChI=1S/C32H40N4O4/c1-20-17-33-29-26(20)16-23(18-34-29)22-14-24-19-35(30(37)21-8-12-39-13-9-21)11-7-25(24)27(15-22)28-6-5-10-36(28)31(38)40-32(2,3)4/h14-18,21,28H,5-13,19H2,1-4H3,(H,33,34)/t28-/m0/s1.